The maximum Gasteiger partial charge on any atom is 0.255 e. The van der Waals surface area contributed by atoms with E-state index in [2.05, 4.69) is 16.0 Å². The van der Waals surface area contributed by atoms with E-state index in [1.807, 2.05) is 26.0 Å². The van der Waals surface area contributed by atoms with Crippen molar-refractivity contribution in [3.8, 4) is 0 Å². The molecule has 1 aliphatic rings. The predicted octanol–water partition coefficient (Wildman–Crippen LogP) is 3.11. The van der Waals surface area contributed by atoms with Gasteiger partial charge in [0, 0.05) is 17.2 Å². The lowest BCUT2D eigenvalue weighted by atomic mass is 9.88. The van der Waals surface area contributed by atoms with Crippen LogP contribution in [0.4, 0.5) is 10.1 Å². The molecule has 5 nitrogen and oxygen atoms in total. The van der Waals surface area contributed by atoms with Gasteiger partial charge >= 0.3 is 0 Å². The molecule has 3 N–H and O–H groups in total. The third-order valence-electron chi connectivity index (χ3n) is 5.07. The minimum Gasteiger partial charge on any atom is -0.349 e. The van der Waals surface area contributed by atoms with Gasteiger partial charge in [-0.15, -0.1) is 0 Å². The van der Waals surface area contributed by atoms with Gasteiger partial charge in [0.1, 0.15) is 5.82 Å². The summed E-state index contributed by atoms with van der Waals surface area (Å²) in [5.41, 5.74) is 1.99. The summed E-state index contributed by atoms with van der Waals surface area (Å²) in [7, 11) is 0. The Morgan fingerprint density at radius 3 is 2.22 bits per heavy atom. The molecular weight excluding hydrogens is 345 g/mol. The van der Waals surface area contributed by atoms with E-state index >= 15 is 0 Å². The van der Waals surface area contributed by atoms with E-state index < -0.39 is 0 Å². The molecule has 1 aliphatic heterocycles. The number of hydrogen-bond donors (Lipinski definition) is 3. The highest BCUT2D eigenvalue weighted by atomic mass is 19.1. The molecule has 0 spiro atoms. The van der Waals surface area contributed by atoms with E-state index in [1.165, 1.54) is 24.3 Å². The molecule has 0 bridgehead atoms. The van der Waals surface area contributed by atoms with Crippen molar-refractivity contribution in [2.24, 2.45) is 11.8 Å². The number of benzene rings is 2. The topological polar surface area (TPSA) is 70.2 Å². The average Bonchev–Trinajstić information content (AvgIpc) is 2.61. The fourth-order valence-electron chi connectivity index (χ4n) is 2.97. The molecule has 27 heavy (non-hydrogen) atoms. The molecule has 2 amide bonds. The largest absolute Gasteiger partial charge is 0.349 e. The number of rotatable bonds is 6. The van der Waals surface area contributed by atoms with Gasteiger partial charge in [-0.25, -0.2) is 4.39 Å². The normalized spacial score (nSPS) is 16.1. The first kappa shape index (κ1) is 19.0. The Morgan fingerprint density at radius 1 is 1.04 bits per heavy atom. The molecule has 2 aromatic rings. The second kappa shape index (κ2) is 8.31. The lowest BCUT2D eigenvalue weighted by Crippen LogP contribution is -2.49. The van der Waals surface area contributed by atoms with Crippen LogP contribution >= 0.6 is 0 Å². The summed E-state index contributed by atoms with van der Waals surface area (Å²) in [5.74, 6) is -0.228. The molecule has 0 saturated carbocycles. The van der Waals surface area contributed by atoms with Gasteiger partial charge in [-0.2, -0.15) is 0 Å². The van der Waals surface area contributed by atoms with E-state index in [0.29, 0.717) is 17.2 Å². The zero-order valence-electron chi connectivity index (χ0n) is 15.5. The third kappa shape index (κ3) is 4.71. The molecule has 2 aromatic carbocycles. The van der Waals surface area contributed by atoms with Crippen LogP contribution in [0.3, 0.4) is 0 Å². The molecule has 6 heteroatoms. The van der Waals surface area contributed by atoms with Crippen molar-refractivity contribution < 1.29 is 14.0 Å². The number of anilines is 1. The van der Waals surface area contributed by atoms with Crippen molar-refractivity contribution in [2.75, 3.05) is 18.4 Å². The summed E-state index contributed by atoms with van der Waals surface area (Å²) in [6.07, 6.45) is 0. The number of carbonyl (C=O) groups is 2. The van der Waals surface area contributed by atoms with Crippen LogP contribution in [-0.2, 0) is 4.79 Å². The summed E-state index contributed by atoms with van der Waals surface area (Å²) in [6.45, 7) is 5.69. The van der Waals surface area contributed by atoms with Crippen LogP contribution < -0.4 is 16.0 Å². The number of nitrogens with one attached hydrogen (secondary N) is 3. The second-order valence-corrected chi connectivity index (χ2v) is 7.02. The van der Waals surface area contributed by atoms with Gasteiger partial charge in [0.2, 0.25) is 5.91 Å². The smallest absolute Gasteiger partial charge is 0.255 e. The van der Waals surface area contributed by atoms with Gasteiger partial charge in [-0.05, 0) is 67.9 Å². The van der Waals surface area contributed by atoms with Crippen molar-refractivity contribution in [1.29, 1.82) is 0 Å². The SMILES string of the molecule is CC(NC(=O)C(C)C1CNC1)c1ccc(NC(=O)c2ccc(F)cc2)cc1. The van der Waals surface area contributed by atoms with Gasteiger partial charge in [0.05, 0.1) is 6.04 Å². The zero-order chi connectivity index (χ0) is 19.4. The Labute approximate surface area is 158 Å². The Kier molecular flexibility index (Phi) is 5.86. The highest BCUT2D eigenvalue weighted by molar-refractivity contribution is 6.04. The lowest BCUT2D eigenvalue weighted by molar-refractivity contribution is -0.127. The quantitative estimate of drug-likeness (QED) is 0.733. The average molecular weight is 369 g/mol. The number of halogens is 1. The highest BCUT2D eigenvalue weighted by Gasteiger charge is 2.29. The van der Waals surface area contributed by atoms with Crippen LogP contribution in [-0.4, -0.2) is 24.9 Å². The monoisotopic (exact) mass is 369 g/mol. The van der Waals surface area contributed by atoms with Crippen LogP contribution in [0.2, 0.25) is 0 Å². The van der Waals surface area contributed by atoms with E-state index in [1.54, 1.807) is 12.1 Å². The molecule has 0 aromatic heterocycles. The first-order valence-corrected chi connectivity index (χ1v) is 9.12. The summed E-state index contributed by atoms with van der Waals surface area (Å²) < 4.78 is 12.9. The molecule has 2 unspecified atom stereocenters. The predicted molar refractivity (Wildman–Crippen MR) is 103 cm³/mol. The van der Waals surface area contributed by atoms with E-state index in [-0.39, 0.29) is 29.6 Å². The third-order valence-corrected chi connectivity index (χ3v) is 5.07. The number of carbonyl (C=O) groups excluding carboxylic acids is 2. The first-order valence-electron chi connectivity index (χ1n) is 9.12. The van der Waals surface area contributed by atoms with E-state index in [0.717, 1.165) is 18.7 Å². The lowest BCUT2D eigenvalue weighted by Gasteiger charge is -2.32. The van der Waals surface area contributed by atoms with E-state index in [4.69, 9.17) is 0 Å². The second-order valence-electron chi connectivity index (χ2n) is 7.02. The van der Waals surface area contributed by atoms with Gasteiger partial charge in [-0.3, -0.25) is 9.59 Å². The van der Waals surface area contributed by atoms with E-state index in [9.17, 15) is 14.0 Å². The van der Waals surface area contributed by atoms with Crippen LogP contribution in [0.15, 0.2) is 48.5 Å². The van der Waals surface area contributed by atoms with Crippen molar-refractivity contribution in [1.82, 2.24) is 10.6 Å². The molecule has 1 saturated heterocycles. The molecule has 0 aliphatic carbocycles. The van der Waals surface area contributed by atoms with Crippen LogP contribution in [0.1, 0.15) is 35.8 Å². The van der Waals surface area contributed by atoms with Crippen LogP contribution in [0.5, 0.6) is 0 Å². The van der Waals surface area contributed by atoms with Crippen molar-refractivity contribution in [3.63, 3.8) is 0 Å². The van der Waals surface area contributed by atoms with Gasteiger partial charge < -0.3 is 16.0 Å². The maximum atomic E-state index is 12.9. The summed E-state index contributed by atoms with van der Waals surface area (Å²) in [5, 5.41) is 9.01. The van der Waals surface area contributed by atoms with Crippen molar-refractivity contribution in [3.05, 3.63) is 65.5 Å². The molecule has 1 heterocycles. The van der Waals surface area contributed by atoms with Gasteiger partial charge in [0.25, 0.3) is 5.91 Å². The number of amides is 2. The molecule has 3 rings (SSSR count). The summed E-state index contributed by atoms with van der Waals surface area (Å²) in [6, 6.07) is 12.6. The van der Waals surface area contributed by atoms with Crippen LogP contribution in [0.25, 0.3) is 0 Å². The minimum absolute atomic E-state index is 0.0111. The standard InChI is InChI=1S/C21H24FN3O2/c1-13(17-11-23-12-17)20(26)24-14(2)15-5-9-19(10-6-15)25-21(27)16-3-7-18(22)8-4-16/h3-10,13-14,17,23H,11-12H2,1-2H3,(H,24,26)(H,25,27). The Morgan fingerprint density at radius 2 is 1.67 bits per heavy atom. The molecule has 142 valence electrons. The van der Waals surface area contributed by atoms with Crippen LogP contribution in [0, 0.1) is 17.7 Å². The highest BCUT2D eigenvalue weighted by Crippen LogP contribution is 2.20. The van der Waals surface area contributed by atoms with Crippen molar-refractivity contribution >= 4 is 17.5 Å². The Hall–Kier alpha value is -2.73. The molecular formula is C21H24FN3O2. The molecule has 0 radical (unpaired) electrons. The maximum absolute atomic E-state index is 12.9. The zero-order valence-corrected chi connectivity index (χ0v) is 15.5. The minimum atomic E-state index is -0.380. The number of hydrogen-bond acceptors (Lipinski definition) is 3. The molecule has 1 fully saturated rings. The fraction of sp³-hybridized carbons (Fsp3) is 0.333. The Balaban J connectivity index is 1.56. The Bertz CT molecular complexity index is 801. The van der Waals surface area contributed by atoms with Gasteiger partial charge in [0.15, 0.2) is 0 Å². The fourth-order valence-corrected chi connectivity index (χ4v) is 2.97. The first-order chi connectivity index (χ1) is 12.9. The molecule has 2 atom stereocenters. The summed E-state index contributed by atoms with van der Waals surface area (Å²) in [4.78, 5) is 24.5. The van der Waals surface area contributed by atoms with Gasteiger partial charge in [-0.1, -0.05) is 19.1 Å². The van der Waals surface area contributed by atoms with Crippen molar-refractivity contribution in [2.45, 2.75) is 19.9 Å². The summed E-state index contributed by atoms with van der Waals surface area (Å²) >= 11 is 0.